The van der Waals surface area contributed by atoms with E-state index in [1.54, 1.807) is 113 Å². The molecule has 1 fully saturated rings. The number of amides is 13. The number of nitrogens with two attached hydrogens (primary N) is 3. The highest BCUT2D eigenvalue weighted by Gasteiger charge is 2.39. The van der Waals surface area contributed by atoms with Gasteiger partial charge in [0.25, 0.3) is 0 Å². The summed E-state index contributed by atoms with van der Waals surface area (Å²) in [6.45, 7) is 2.60. The second-order valence-corrected chi connectivity index (χ2v) is 28.1. The third-order valence-corrected chi connectivity index (χ3v) is 19.4. The summed E-state index contributed by atoms with van der Waals surface area (Å²) in [6, 6.07) is 15.6. The second kappa shape index (κ2) is 39.3. The number of hydrogen-bond acceptors (Lipinski definition) is 17. The van der Waals surface area contributed by atoms with Crippen LogP contribution in [0.25, 0.3) is 21.8 Å². The van der Waals surface area contributed by atoms with Crippen molar-refractivity contribution in [3.05, 3.63) is 162 Å². The van der Waals surface area contributed by atoms with Crippen molar-refractivity contribution in [3.8, 4) is 0 Å². The molecule has 11 atom stereocenters. The Kier molecular flexibility index (Phi) is 29.9. The number of aliphatic hydroxyl groups is 2. The number of aryl methyl sites for hydroxylation is 2. The standard InChI is InChI=1S/C74H96N18O14S/c1-42(2)28-51-66(98)88-57(38-93)73(105)92(5)61(30-44-20-10-7-11-21-44)72(104)87-54(32-46-37-91(4)60-26-15-13-23-49(46)60)68(100)82-50(24-16-17-27-79-74(77)106)65(97)84-53(31-45-36-90(3)59-25-14-12-22-48(45)59)69(101)89-58(64(76)96)39-107-40-63(95)81-52(29-43-18-8-6-9-19-43)67(99)85-55(33-47-35-78-41-80-47)70(102)86-56(34-62(75)94)71(103)83-51/h6-15,18-23,25-26,35-37,41-42,50-58,61,66,88,93,98H,16-17,24,27-34,38-40H2,1-5H3,(H2,75,94)(H2,76,96)(H,78,80)(H,81,95)(H,82,100)(H,83,103)(H,84,97)(H,85,99)(H,86,102)(H,87,104)(H,89,101)(H3,77,79,106)/t50-,51-,52-,53-,54-,55-,56-,57-,58-,61-,66?/m0/s1. The Morgan fingerprint density at radius 1 is 0.579 bits per heavy atom. The van der Waals surface area contributed by atoms with Crippen LogP contribution in [-0.2, 0) is 98.9 Å². The normalized spacial score (nSPS) is 22.9. The lowest BCUT2D eigenvalue weighted by Gasteiger charge is -2.34. The smallest absolute Gasteiger partial charge is 0.312 e. The van der Waals surface area contributed by atoms with Crippen LogP contribution in [0.15, 0.2) is 134 Å². The molecule has 0 aliphatic carbocycles. The summed E-state index contributed by atoms with van der Waals surface area (Å²) >= 11 is 0.860. The number of unbranched alkanes of at least 4 members (excludes halogenated alkanes) is 1. The van der Waals surface area contributed by atoms with Gasteiger partial charge in [0.15, 0.2) is 0 Å². The van der Waals surface area contributed by atoms with E-state index in [4.69, 9.17) is 17.2 Å². The van der Waals surface area contributed by atoms with E-state index in [9.17, 15) is 43.8 Å². The van der Waals surface area contributed by atoms with E-state index in [2.05, 4.69) is 63.1 Å². The lowest BCUT2D eigenvalue weighted by molar-refractivity contribution is -0.143. The third-order valence-electron chi connectivity index (χ3n) is 18.4. The molecular formula is C74H96N18O14S. The molecule has 0 bridgehead atoms. The molecule has 32 nitrogen and oxygen atoms in total. The average Bonchev–Trinajstić information content (AvgIpc) is 1.69. The first kappa shape index (κ1) is 81.5. The van der Waals surface area contributed by atoms with Crippen LogP contribution in [0.1, 0.15) is 73.9 Å². The largest absolute Gasteiger partial charge is 0.394 e. The number of aliphatic hydroxyl groups excluding tert-OH is 2. The Morgan fingerprint density at radius 3 is 1.61 bits per heavy atom. The van der Waals surface area contributed by atoms with E-state index < -0.39 is 156 Å². The lowest BCUT2D eigenvalue weighted by atomic mass is 9.99. The molecule has 8 rings (SSSR count). The number of para-hydroxylation sites is 2. The maximum atomic E-state index is 15.5. The van der Waals surface area contributed by atoms with Crippen molar-refractivity contribution in [3.63, 3.8) is 0 Å². The van der Waals surface area contributed by atoms with Crippen molar-refractivity contribution in [2.24, 2.45) is 37.2 Å². The van der Waals surface area contributed by atoms with Gasteiger partial charge in [0.05, 0.1) is 36.8 Å². The Morgan fingerprint density at radius 2 is 1.07 bits per heavy atom. The molecule has 0 radical (unpaired) electrons. The van der Waals surface area contributed by atoms with Crippen LogP contribution in [-0.4, -0.2) is 204 Å². The molecule has 4 heterocycles. The molecule has 0 saturated carbocycles. The minimum Gasteiger partial charge on any atom is -0.394 e. The maximum absolute atomic E-state index is 15.5. The zero-order chi connectivity index (χ0) is 77.4. The third kappa shape index (κ3) is 23.7. The summed E-state index contributed by atoms with van der Waals surface area (Å²) in [5, 5.41) is 51.6. The SMILES string of the molecule is CC(C)C[C@@H]1NC(=O)[C@H](CC(N)=O)NC(=O)[C@H](Cc2c[nH]cn2)NC(=O)[C@H](Cc2ccccc2)NC(=O)CSC[C@@H](C(N)=O)NC(=O)[C@H](Cc2cn(C)c3ccccc23)NC(=O)[C@H](CCCCNC(N)=O)NC(=O)[C@H](Cc2cn(C)c3ccccc23)NC(=O)[C@H](Cc2ccccc2)N(C)C(=O)[C@H](CO)NC1O. The van der Waals surface area contributed by atoms with Crippen LogP contribution in [0.5, 0.6) is 0 Å². The predicted octanol–water partition coefficient (Wildman–Crippen LogP) is -1.13. The monoisotopic (exact) mass is 1490 g/mol. The van der Waals surface area contributed by atoms with Crippen LogP contribution in [0.3, 0.4) is 0 Å². The fourth-order valence-electron chi connectivity index (χ4n) is 12.8. The van der Waals surface area contributed by atoms with E-state index in [1.165, 1.54) is 19.6 Å². The molecule has 107 heavy (non-hydrogen) atoms. The first-order valence-electron chi connectivity index (χ1n) is 35.2. The van der Waals surface area contributed by atoms with Crippen molar-refractivity contribution in [2.45, 2.75) is 145 Å². The summed E-state index contributed by atoms with van der Waals surface area (Å²) in [4.78, 5) is 181. The second-order valence-electron chi connectivity index (χ2n) is 27.0. The zero-order valence-electron chi connectivity index (χ0n) is 60.3. The number of nitrogens with one attached hydrogen (secondary N) is 11. The topological polar surface area (TPSA) is 485 Å². The number of rotatable bonds is 21. The van der Waals surface area contributed by atoms with E-state index in [1.807, 2.05) is 45.5 Å². The van der Waals surface area contributed by atoms with E-state index in [0.29, 0.717) is 33.0 Å². The molecule has 0 spiro atoms. The maximum Gasteiger partial charge on any atom is 0.312 e. The highest BCUT2D eigenvalue weighted by atomic mass is 32.2. The predicted molar refractivity (Wildman–Crippen MR) is 399 cm³/mol. The van der Waals surface area contributed by atoms with E-state index in [-0.39, 0.29) is 81.7 Å². The number of carbonyl (C=O) groups excluding carboxylic acids is 12. The van der Waals surface area contributed by atoms with Gasteiger partial charge in [-0.1, -0.05) is 111 Å². The van der Waals surface area contributed by atoms with Gasteiger partial charge in [-0.2, -0.15) is 0 Å². The average molecular weight is 1490 g/mol. The van der Waals surface area contributed by atoms with Crippen LogP contribution in [0.2, 0.25) is 0 Å². The number of hydrogen-bond donors (Lipinski definition) is 16. The number of fused-ring (bicyclic) bond motifs is 2. The minimum absolute atomic E-state index is 0.0230. The van der Waals surface area contributed by atoms with Crippen molar-refractivity contribution in [2.75, 3.05) is 31.7 Å². The summed E-state index contributed by atoms with van der Waals surface area (Å²) in [6.07, 6.45) is 2.86. The van der Waals surface area contributed by atoms with E-state index >= 15 is 24.0 Å². The fraction of sp³-hybridized carbons (Fsp3) is 0.419. The van der Waals surface area contributed by atoms with Crippen LogP contribution < -0.4 is 70.4 Å². The Balaban J connectivity index is 1.21. The molecule has 7 aromatic rings. The number of aromatic nitrogens is 4. The number of imidazole rings is 1. The summed E-state index contributed by atoms with van der Waals surface area (Å²) in [7, 11) is 4.88. The number of benzene rings is 4. The van der Waals surface area contributed by atoms with Gasteiger partial charge in [-0.25, -0.2) is 9.78 Å². The molecule has 1 aliphatic heterocycles. The Bertz CT molecular complexity index is 4250. The van der Waals surface area contributed by atoms with Crippen LogP contribution in [0.4, 0.5) is 4.79 Å². The number of carbonyl (C=O) groups is 12. The van der Waals surface area contributed by atoms with Crippen molar-refractivity contribution in [1.82, 2.24) is 77.2 Å². The molecule has 33 heteroatoms. The molecule has 13 amide bonds. The van der Waals surface area contributed by atoms with Gasteiger partial charge in [-0.3, -0.25) is 58.1 Å². The van der Waals surface area contributed by atoms with Gasteiger partial charge in [-0.15, -0.1) is 11.8 Å². The highest BCUT2D eigenvalue weighted by Crippen LogP contribution is 2.25. The van der Waals surface area contributed by atoms with Gasteiger partial charge in [0.2, 0.25) is 65.0 Å². The van der Waals surface area contributed by atoms with Gasteiger partial charge in [0, 0.05) is 106 Å². The number of urea groups is 1. The molecule has 572 valence electrons. The highest BCUT2D eigenvalue weighted by molar-refractivity contribution is 8.00. The molecule has 1 aliphatic rings. The quantitative estimate of drug-likeness (QED) is 0.0379. The number of thioether (sulfide) groups is 1. The van der Waals surface area contributed by atoms with Gasteiger partial charge >= 0.3 is 6.03 Å². The van der Waals surface area contributed by atoms with E-state index in [0.717, 1.165) is 27.7 Å². The Hall–Kier alpha value is -11.2. The molecule has 1 unspecified atom stereocenters. The van der Waals surface area contributed by atoms with Crippen molar-refractivity contribution < 1.29 is 67.7 Å². The lowest BCUT2D eigenvalue weighted by Crippen LogP contribution is -2.63. The molecule has 19 N–H and O–H groups in total. The van der Waals surface area contributed by atoms with Crippen molar-refractivity contribution in [1.29, 1.82) is 0 Å². The number of H-pyrrole nitrogens is 1. The first-order valence-corrected chi connectivity index (χ1v) is 36.4. The summed E-state index contributed by atoms with van der Waals surface area (Å²) in [5.74, 6) is -11.3. The summed E-state index contributed by atoms with van der Waals surface area (Å²) < 4.78 is 3.65. The molecule has 1 saturated heterocycles. The summed E-state index contributed by atoms with van der Waals surface area (Å²) in [5.41, 5.74) is 21.2. The first-order chi connectivity index (χ1) is 51.2. The van der Waals surface area contributed by atoms with Crippen LogP contribution >= 0.6 is 11.8 Å². The Labute approximate surface area is 622 Å². The molecular weight excluding hydrogens is 1400 g/mol. The van der Waals surface area contributed by atoms with Gasteiger partial charge < -0.3 is 94.3 Å². The molecule has 3 aromatic heterocycles. The number of primary amides is 3. The van der Waals surface area contributed by atoms with Gasteiger partial charge in [0.1, 0.15) is 60.6 Å². The number of likely N-dealkylation sites (N-methyl/N-ethyl adjacent to an activating group) is 1. The van der Waals surface area contributed by atoms with Gasteiger partial charge in [-0.05, 0) is 66.0 Å². The zero-order valence-corrected chi connectivity index (χ0v) is 61.1. The van der Waals surface area contributed by atoms with Crippen molar-refractivity contribution >= 4 is 105 Å². The fourth-order valence-corrected chi connectivity index (χ4v) is 13.7. The number of aromatic amines is 1. The molecule has 4 aromatic carbocycles. The van der Waals surface area contributed by atoms with Crippen LogP contribution in [0, 0.1) is 5.92 Å². The minimum atomic E-state index is -1.88. The number of nitrogens with zero attached hydrogens (tertiary/aromatic N) is 4.